The summed E-state index contributed by atoms with van der Waals surface area (Å²) >= 11 is 0. The molecule has 23 heavy (non-hydrogen) atoms. The van der Waals surface area contributed by atoms with E-state index >= 15 is 0 Å². The van der Waals surface area contributed by atoms with Gasteiger partial charge in [0, 0.05) is 31.2 Å². The summed E-state index contributed by atoms with van der Waals surface area (Å²) in [6, 6.07) is 5.04. The molecule has 0 saturated heterocycles. The van der Waals surface area contributed by atoms with Crippen LogP contribution < -0.4 is 10.6 Å². The molecule has 0 aromatic heterocycles. The van der Waals surface area contributed by atoms with E-state index in [1.807, 2.05) is 6.07 Å². The second kappa shape index (κ2) is 7.16. The van der Waals surface area contributed by atoms with Gasteiger partial charge in [0.15, 0.2) is 0 Å². The van der Waals surface area contributed by atoms with Crippen LogP contribution >= 0.6 is 12.4 Å². The molecule has 1 aromatic carbocycles. The minimum Gasteiger partial charge on any atom is -0.380 e. The zero-order valence-electron chi connectivity index (χ0n) is 13.4. The van der Waals surface area contributed by atoms with E-state index in [1.54, 1.807) is 18.1 Å². The number of fused-ring (bicyclic) bond motifs is 2. The van der Waals surface area contributed by atoms with Crippen molar-refractivity contribution in [3.05, 3.63) is 29.6 Å². The Morgan fingerprint density at radius 2 is 2.13 bits per heavy atom. The van der Waals surface area contributed by atoms with E-state index in [2.05, 4.69) is 0 Å². The Bertz CT molecular complexity index is 572. The average molecular weight is 343 g/mol. The van der Waals surface area contributed by atoms with Crippen LogP contribution in [0.2, 0.25) is 0 Å². The summed E-state index contributed by atoms with van der Waals surface area (Å²) in [4.78, 5) is 14.4. The lowest BCUT2D eigenvalue weighted by Crippen LogP contribution is -2.38. The molecular formula is C17H24ClFN2O2. The summed E-state index contributed by atoms with van der Waals surface area (Å²) < 4.78 is 19.6. The van der Waals surface area contributed by atoms with Crippen LogP contribution in [0.3, 0.4) is 0 Å². The average Bonchev–Trinajstić information content (AvgIpc) is 3.12. The Morgan fingerprint density at radius 1 is 1.43 bits per heavy atom. The Labute approximate surface area is 142 Å². The Balaban J connectivity index is 0.00000192. The smallest absolute Gasteiger partial charge is 0.229 e. The number of methoxy groups -OCH3 is 1. The van der Waals surface area contributed by atoms with E-state index in [0.717, 1.165) is 36.9 Å². The van der Waals surface area contributed by atoms with Crippen molar-refractivity contribution in [1.82, 2.24) is 0 Å². The normalized spacial score (nSPS) is 19.5. The van der Waals surface area contributed by atoms with Crippen LogP contribution in [-0.4, -0.2) is 32.2 Å². The quantitative estimate of drug-likeness (QED) is 0.915. The van der Waals surface area contributed by atoms with Gasteiger partial charge in [-0.2, -0.15) is 0 Å². The number of halogens is 2. The minimum atomic E-state index is -0.287. The third kappa shape index (κ3) is 3.10. The summed E-state index contributed by atoms with van der Waals surface area (Å²) in [5, 5.41) is 0. The Hall–Kier alpha value is -1.17. The molecule has 0 radical (unpaired) electrons. The third-order valence-corrected chi connectivity index (χ3v) is 5.13. The number of anilines is 1. The first-order valence-corrected chi connectivity index (χ1v) is 7.93. The highest BCUT2D eigenvalue weighted by Crippen LogP contribution is 2.51. The van der Waals surface area contributed by atoms with Gasteiger partial charge in [-0.15, -0.1) is 12.4 Å². The molecule has 1 fully saturated rings. The van der Waals surface area contributed by atoms with E-state index in [1.165, 1.54) is 6.07 Å². The number of ether oxygens (including phenoxy) is 1. The standard InChI is InChI=1S/C17H23FN2O2.ClH/c1-22-12(10-19)9-15(21)20-11-17(7-2-3-8-17)16-13(18)5-4-6-14(16)20;/h4-6,12H,2-3,7-11,19H2,1H3;1H. The van der Waals surface area contributed by atoms with Gasteiger partial charge in [-0.25, -0.2) is 4.39 Å². The molecular weight excluding hydrogens is 319 g/mol. The van der Waals surface area contributed by atoms with Crippen LogP contribution in [-0.2, 0) is 14.9 Å². The summed E-state index contributed by atoms with van der Waals surface area (Å²) in [5.41, 5.74) is 6.89. The molecule has 2 N–H and O–H groups in total. The topological polar surface area (TPSA) is 55.6 Å². The van der Waals surface area contributed by atoms with Gasteiger partial charge in [0.25, 0.3) is 0 Å². The fourth-order valence-corrected chi connectivity index (χ4v) is 3.98. The third-order valence-electron chi connectivity index (χ3n) is 5.13. The van der Waals surface area contributed by atoms with E-state index in [4.69, 9.17) is 10.5 Å². The molecule has 1 aliphatic carbocycles. The molecule has 1 amide bonds. The van der Waals surface area contributed by atoms with Crippen LogP contribution in [0.15, 0.2) is 18.2 Å². The summed E-state index contributed by atoms with van der Waals surface area (Å²) in [6.07, 6.45) is 4.05. The van der Waals surface area contributed by atoms with Crippen molar-refractivity contribution in [2.75, 3.05) is 25.1 Å². The highest BCUT2D eigenvalue weighted by Gasteiger charge is 2.47. The van der Waals surface area contributed by atoms with Crippen LogP contribution in [0.4, 0.5) is 10.1 Å². The highest BCUT2D eigenvalue weighted by molar-refractivity contribution is 5.96. The first kappa shape index (κ1) is 18.2. The van der Waals surface area contributed by atoms with E-state index in [0.29, 0.717) is 13.1 Å². The molecule has 1 atom stereocenters. The van der Waals surface area contributed by atoms with E-state index in [-0.39, 0.29) is 42.1 Å². The molecule has 3 rings (SSSR count). The van der Waals surface area contributed by atoms with E-state index in [9.17, 15) is 9.18 Å². The number of hydrogen-bond acceptors (Lipinski definition) is 3. The molecule has 6 heteroatoms. The number of carbonyl (C=O) groups is 1. The molecule has 1 aliphatic heterocycles. The lowest BCUT2D eigenvalue weighted by Gasteiger charge is -2.25. The summed E-state index contributed by atoms with van der Waals surface area (Å²) in [6.45, 7) is 0.889. The van der Waals surface area contributed by atoms with Gasteiger partial charge >= 0.3 is 0 Å². The lowest BCUT2D eigenvalue weighted by atomic mass is 9.80. The largest absolute Gasteiger partial charge is 0.380 e. The lowest BCUT2D eigenvalue weighted by molar-refractivity contribution is -0.120. The molecule has 1 aromatic rings. The van der Waals surface area contributed by atoms with Gasteiger partial charge in [-0.3, -0.25) is 4.79 Å². The number of hydrogen-bond donors (Lipinski definition) is 1. The zero-order valence-corrected chi connectivity index (χ0v) is 14.2. The maximum absolute atomic E-state index is 14.4. The number of benzene rings is 1. The van der Waals surface area contributed by atoms with Crippen LogP contribution in [0.25, 0.3) is 0 Å². The van der Waals surface area contributed by atoms with Crippen LogP contribution in [0.1, 0.15) is 37.7 Å². The molecule has 4 nitrogen and oxygen atoms in total. The van der Waals surface area contributed by atoms with Gasteiger partial charge < -0.3 is 15.4 Å². The predicted octanol–water partition coefficient (Wildman–Crippen LogP) is 2.77. The first-order chi connectivity index (χ1) is 10.6. The molecule has 1 heterocycles. The maximum atomic E-state index is 14.4. The Morgan fingerprint density at radius 3 is 2.74 bits per heavy atom. The Kier molecular flexibility index (Phi) is 5.65. The van der Waals surface area contributed by atoms with E-state index < -0.39 is 0 Å². The number of nitrogens with two attached hydrogens (primary N) is 1. The molecule has 2 aliphatic rings. The van der Waals surface area contributed by atoms with Crippen molar-refractivity contribution in [3.8, 4) is 0 Å². The molecule has 1 saturated carbocycles. The van der Waals surface area contributed by atoms with Crippen molar-refractivity contribution in [3.63, 3.8) is 0 Å². The van der Waals surface area contributed by atoms with Crippen molar-refractivity contribution in [1.29, 1.82) is 0 Å². The predicted molar refractivity (Wildman–Crippen MR) is 90.6 cm³/mol. The number of carbonyl (C=O) groups excluding carboxylic acids is 1. The summed E-state index contributed by atoms with van der Waals surface area (Å²) in [5.74, 6) is -0.218. The number of amides is 1. The fraction of sp³-hybridized carbons (Fsp3) is 0.588. The number of rotatable bonds is 4. The molecule has 1 spiro atoms. The second-order valence-electron chi connectivity index (χ2n) is 6.40. The van der Waals surface area contributed by atoms with Crippen molar-refractivity contribution < 1.29 is 13.9 Å². The van der Waals surface area contributed by atoms with Gasteiger partial charge in [-0.05, 0) is 25.0 Å². The minimum absolute atomic E-state index is 0. The first-order valence-electron chi connectivity index (χ1n) is 7.93. The summed E-state index contributed by atoms with van der Waals surface area (Å²) in [7, 11) is 1.56. The monoisotopic (exact) mass is 342 g/mol. The number of nitrogens with zero attached hydrogens (tertiary/aromatic N) is 1. The molecule has 0 bridgehead atoms. The van der Waals surface area contributed by atoms with Gasteiger partial charge in [0.05, 0.1) is 18.2 Å². The highest BCUT2D eigenvalue weighted by atomic mass is 35.5. The maximum Gasteiger partial charge on any atom is 0.229 e. The second-order valence-corrected chi connectivity index (χ2v) is 6.40. The van der Waals surface area contributed by atoms with Crippen molar-refractivity contribution >= 4 is 24.0 Å². The fourth-order valence-electron chi connectivity index (χ4n) is 3.98. The SMILES string of the molecule is COC(CN)CC(=O)N1CC2(CCCC2)c2c(F)cccc21.Cl. The van der Waals surface area contributed by atoms with Gasteiger partial charge in [-0.1, -0.05) is 18.9 Å². The molecule has 1 unspecified atom stereocenters. The van der Waals surface area contributed by atoms with Gasteiger partial charge in [0.2, 0.25) is 5.91 Å². The van der Waals surface area contributed by atoms with Crippen molar-refractivity contribution in [2.45, 2.75) is 43.6 Å². The van der Waals surface area contributed by atoms with Crippen LogP contribution in [0.5, 0.6) is 0 Å². The van der Waals surface area contributed by atoms with Crippen LogP contribution in [0, 0.1) is 5.82 Å². The van der Waals surface area contributed by atoms with Gasteiger partial charge in [0.1, 0.15) is 5.82 Å². The molecule has 128 valence electrons. The zero-order chi connectivity index (χ0) is 15.7. The van der Waals surface area contributed by atoms with Crippen molar-refractivity contribution in [2.24, 2.45) is 5.73 Å².